The van der Waals surface area contributed by atoms with Crippen molar-refractivity contribution in [3.8, 4) is 0 Å². The highest BCUT2D eigenvalue weighted by molar-refractivity contribution is 6.42. The van der Waals surface area contributed by atoms with Crippen LogP contribution in [-0.2, 0) is 0 Å². The van der Waals surface area contributed by atoms with Crippen molar-refractivity contribution in [3.05, 3.63) is 46.6 Å². The molecule has 0 fully saturated rings. The highest BCUT2D eigenvalue weighted by Gasteiger charge is 2.09. The number of nitrogens with one attached hydrogen (secondary N) is 3. The maximum atomic E-state index is 11.7. The molecule has 1 heterocycles. The van der Waals surface area contributed by atoms with Crippen molar-refractivity contribution in [1.29, 1.82) is 0 Å². The number of carbonyl (C=O) groups is 1. The van der Waals surface area contributed by atoms with Gasteiger partial charge in [-0.25, -0.2) is 9.79 Å². The fourth-order valence-corrected chi connectivity index (χ4v) is 1.69. The summed E-state index contributed by atoms with van der Waals surface area (Å²) in [6, 6.07) is 4.40. The Kier molecular flexibility index (Phi) is 4.29. The van der Waals surface area contributed by atoms with E-state index in [0.717, 1.165) is 5.70 Å². The van der Waals surface area contributed by atoms with Gasteiger partial charge in [0.2, 0.25) is 5.96 Å². The van der Waals surface area contributed by atoms with Gasteiger partial charge in [0.15, 0.2) is 0 Å². The second-order valence-corrected chi connectivity index (χ2v) is 4.60. The Balaban J connectivity index is 1.98. The maximum absolute atomic E-state index is 11.7. The first-order valence-electron chi connectivity index (χ1n) is 5.43. The summed E-state index contributed by atoms with van der Waals surface area (Å²) < 4.78 is 0. The maximum Gasteiger partial charge on any atom is 0.326 e. The Hall–Kier alpha value is -1.72. The zero-order chi connectivity index (χ0) is 13.8. The Morgan fingerprint density at radius 3 is 2.74 bits per heavy atom. The highest BCUT2D eigenvalue weighted by Crippen LogP contribution is 2.24. The molecule has 99 valence electrons. The van der Waals surface area contributed by atoms with Crippen molar-refractivity contribution in [2.45, 2.75) is 6.92 Å². The van der Waals surface area contributed by atoms with Gasteiger partial charge in [0, 0.05) is 11.4 Å². The van der Waals surface area contributed by atoms with E-state index in [-0.39, 0.29) is 0 Å². The van der Waals surface area contributed by atoms with Crippen LogP contribution in [-0.4, -0.2) is 12.0 Å². The highest BCUT2D eigenvalue weighted by atomic mass is 35.5. The van der Waals surface area contributed by atoms with Crippen LogP contribution in [0.4, 0.5) is 10.5 Å². The third-order valence-electron chi connectivity index (χ3n) is 2.24. The average Bonchev–Trinajstić information content (AvgIpc) is 2.34. The summed E-state index contributed by atoms with van der Waals surface area (Å²) >= 11 is 11.6. The molecule has 0 spiro atoms. The molecule has 1 radical (unpaired) electrons. The summed E-state index contributed by atoms with van der Waals surface area (Å²) in [5.74, 6) is 0.359. The minimum absolute atomic E-state index is 0.359. The third-order valence-corrected chi connectivity index (χ3v) is 2.98. The van der Waals surface area contributed by atoms with Crippen LogP contribution < -0.4 is 16.0 Å². The zero-order valence-electron chi connectivity index (χ0n) is 10.00. The van der Waals surface area contributed by atoms with E-state index >= 15 is 0 Å². The number of anilines is 1. The van der Waals surface area contributed by atoms with Crippen molar-refractivity contribution in [2.24, 2.45) is 4.99 Å². The van der Waals surface area contributed by atoms with Crippen LogP contribution in [0.15, 0.2) is 35.0 Å². The van der Waals surface area contributed by atoms with Gasteiger partial charge in [0.05, 0.1) is 16.6 Å². The SMILES string of the molecule is CC1=C[CH]NC(NC(=O)Nc2ccc(Cl)c(Cl)c2)=N1. The molecule has 0 bridgehead atoms. The van der Waals surface area contributed by atoms with Gasteiger partial charge in [0.25, 0.3) is 0 Å². The first kappa shape index (κ1) is 13.7. The second-order valence-electron chi connectivity index (χ2n) is 3.79. The molecule has 0 aromatic heterocycles. The van der Waals surface area contributed by atoms with Crippen LogP contribution in [0, 0.1) is 6.54 Å². The normalized spacial score (nSPS) is 14.1. The van der Waals surface area contributed by atoms with Gasteiger partial charge in [-0.1, -0.05) is 23.2 Å². The van der Waals surface area contributed by atoms with Crippen LogP contribution in [0.25, 0.3) is 0 Å². The molecule has 0 aliphatic carbocycles. The first-order valence-corrected chi connectivity index (χ1v) is 6.18. The Morgan fingerprint density at radius 1 is 1.26 bits per heavy atom. The minimum Gasteiger partial charge on any atom is -0.347 e. The molecule has 19 heavy (non-hydrogen) atoms. The molecule has 1 aromatic carbocycles. The number of guanidine groups is 1. The van der Waals surface area contributed by atoms with E-state index in [1.165, 1.54) is 0 Å². The van der Waals surface area contributed by atoms with E-state index < -0.39 is 6.03 Å². The quantitative estimate of drug-likeness (QED) is 0.745. The molecule has 3 N–H and O–H groups in total. The lowest BCUT2D eigenvalue weighted by atomic mass is 10.3. The van der Waals surface area contributed by atoms with Crippen LogP contribution in [0.5, 0.6) is 0 Å². The predicted octanol–water partition coefficient (Wildman–Crippen LogP) is 3.14. The summed E-state index contributed by atoms with van der Waals surface area (Å²) in [6.07, 6.45) is 1.79. The largest absolute Gasteiger partial charge is 0.347 e. The molecule has 1 aromatic rings. The van der Waals surface area contributed by atoms with Crippen molar-refractivity contribution < 1.29 is 4.79 Å². The number of aliphatic imine (C=N–C) groups is 1. The Labute approximate surface area is 120 Å². The number of amides is 2. The Bertz CT molecular complexity index is 569. The van der Waals surface area contributed by atoms with E-state index in [2.05, 4.69) is 20.9 Å². The molecular formula is C12H11Cl2N4O. The molecule has 2 amide bonds. The summed E-state index contributed by atoms with van der Waals surface area (Å²) in [5.41, 5.74) is 1.34. The topological polar surface area (TPSA) is 65.5 Å². The summed E-state index contributed by atoms with van der Waals surface area (Å²) in [7, 11) is 0. The van der Waals surface area contributed by atoms with Gasteiger partial charge in [0.1, 0.15) is 0 Å². The lowest BCUT2D eigenvalue weighted by molar-refractivity contribution is 0.256. The molecule has 0 atom stereocenters. The third kappa shape index (κ3) is 3.87. The number of allylic oxidation sites excluding steroid dienone is 1. The van der Waals surface area contributed by atoms with Crippen LogP contribution in [0.3, 0.4) is 0 Å². The summed E-state index contributed by atoms with van der Waals surface area (Å²) in [6.45, 7) is 3.52. The molecule has 1 aliphatic heterocycles. The Morgan fingerprint density at radius 2 is 2.05 bits per heavy atom. The van der Waals surface area contributed by atoms with E-state index in [1.807, 2.05) is 6.92 Å². The van der Waals surface area contributed by atoms with Crippen molar-refractivity contribution in [2.75, 3.05) is 5.32 Å². The predicted molar refractivity (Wildman–Crippen MR) is 77.2 cm³/mol. The van der Waals surface area contributed by atoms with Crippen molar-refractivity contribution in [1.82, 2.24) is 10.6 Å². The molecule has 0 unspecified atom stereocenters. The number of rotatable bonds is 1. The minimum atomic E-state index is -0.423. The average molecular weight is 298 g/mol. The van der Waals surface area contributed by atoms with Crippen LogP contribution >= 0.6 is 23.2 Å². The molecule has 5 nitrogen and oxygen atoms in total. The fraction of sp³-hybridized carbons (Fsp3) is 0.0833. The standard InChI is InChI=1S/C12H11Cl2N4O/c1-7-4-5-15-11(16-7)18-12(19)17-8-2-3-9(13)10(14)6-8/h2-6H,1H3,(H3,15,16,17,18,19). The molecular weight excluding hydrogens is 287 g/mol. The van der Waals surface area contributed by atoms with Crippen LogP contribution in [0.1, 0.15) is 6.92 Å². The second kappa shape index (κ2) is 5.95. The summed E-state index contributed by atoms with van der Waals surface area (Å²) in [4.78, 5) is 15.8. The van der Waals surface area contributed by atoms with Gasteiger partial charge in [-0.05, 0) is 31.2 Å². The monoisotopic (exact) mass is 297 g/mol. The lowest BCUT2D eigenvalue weighted by Gasteiger charge is -2.14. The number of benzene rings is 1. The molecule has 2 rings (SSSR count). The van der Waals surface area contributed by atoms with E-state index in [4.69, 9.17) is 23.2 Å². The van der Waals surface area contributed by atoms with Gasteiger partial charge in [-0.2, -0.15) is 0 Å². The number of nitrogens with zero attached hydrogens (tertiary/aromatic N) is 1. The fourth-order valence-electron chi connectivity index (χ4n) is 1.39. The van der Waals surface area contributed by atoms with E-state index in [9.17, 15) is 4.79 Å². The first-order chi connectivity index (χ1) is 9.04. The number of hydrogen-bond acceptors (Lipinski definition) is 3. The number of carbonyl (C=O) groups excluding carboxylic acids is 1. The van der Waals surface area contributed by atoms with Crippen molar-refractivity contribution >= 4 is 40.9 Å². The van der Waals surface area contributed by atoms with Gasteiger partial charge in [-0.15, -0.1) is 0 Å². The van der Waals surface area contributed by atoms with E-state index in [1.54, 1.807) is 30.8 Å². The number of hydrogen-bond donors (Lipinski definition) is 3. The molecule has 7 heteroatoms. The van der Waals surface area contributed by atoms with Gasteiger partial charge in [-0.3, -0.25) is 5.32 Å². The van der Waals surface area contributed by atoms with Gasteiger partial charge < -0.3 is 10.6 Å². The van der Waals surface area contributed by atoms with Crippen LogP contribution in [0.2, 0.25) is 10.0 Å². The number of urea groups is 1. The van der Waals surface area contributed by atoms with E-state index in [0.29, 0.717) is 21.7 Å². The number of halogens is 2. The smallest absolute Gasteiger partial charge is 0.326 e. The zero-order valence-corrected chi connectivity index (χ0v) is 11.5. The van der Waals surface area contributed by atoms with Crippen molar-refractivity contribution in [3.63, 3.8) is 0 Å². The molecule has 0 saturated heterocycles. The lowest BCUT2D eigenvalue weighted by Crippen LogP contribution is -2.42. The molecule has 0 saturated carbocycles. The van der Waals surface area contributed by atoms with Gasteiger partial charge >= 0.3 is 6.03 Å². The molecule has 1 aliphatic rings. The summed E-state index contributed by atoms with van der Waals surface area (Å²) in [5, 5.41) is 8.82.